The molecule has 2 unspecified atom stereocenters. The summed E-state index contributed by atoms with van der Waals surface area (Å²) >= 11 is 0. The van der Waals surface area contributed by atoms with Gasteiger partial charge >= 0.3 is 0 Å². The van der Waals surface area contributed by atoms with Crippen molar-refractivity contribution < 1.29 is 0 Å². The van der Waals surface area contributed by atoms with Crippen molar-refractivity contribution in [3.8, 4) is 0 Å². The summed E-state index contributed by atoms with van der Waals surface area (Å²) in [4.78, 5) is 2.60. The zero-order chi connectivity index (χ0) is 13.2. The first-order valence-corrected chi connectivity index (χ1v) is 7.22. The molecule has 0 spiro atoms. The summed E-state index contributed by atoms with van der Waals surface area (Å²) in [7, 11) is 0. The van der Waals surface area contributed by atoms with Crippen LogP contribution in [0.5, 0.6) is 0 Å². The van der Waals surface area contributed by atoms with Crippen LogP contribution in [0.4, 0.5) is 5.69 Å². The fourth-order valence-corrected chi connectivity index (χ4v) is 3.10. The van der Waals surface area contributed by atoms with Crippen LogP contribution in [0.25, 0.3) is 0 Å². The Labute approximate surface area is 115 Å². The molecule has 1 nitrogen and oxygen atoms in total. The third-order valence-electron chi connectivity index (χ3n) is 4.27. The molecule has 0 amide bonds. The molecular weight excluding hydrogens is 230 g/mol. The van der Waals surface area contributed by atoms with E-state index in [0.717, 1.165) is 6.42 Å². The molecule has 98 valence electrons. The molecule has 0 N–H and O–H groups in total. The highest BCUT2D eigenvalue weighted by molar-refractivity contribution is 5.61. The van der Waals surface area contributed by atoms with Gasteiger partial charge in [0.25, 0.3) is 0 Å². The van der Waals surface area contributed by atoms with Crippen LogP contribution in [0, 0.1) is 0 Å². The van der Waals surface area contributed by atoms with Crippen molar-refractivity contribution in [2.45, 2.75) is 38.8 Å². The normalized spacial score (nSPS) is 19.3. The van der Waals surface area contributed by atoms with Crippen molar-refractivity contribution >= 4 is 5.69 Å². The van der Waals surface area contributed by atoms with E-state index >= 15 is 0 Å². The third kappa shape index (κ3) is 2.14. The number of fused-ring (bicyclic) bond motifs is 1. The van der Waals surface area contributed by atoms with E-state index in [1.807, 2.05) is 0 Å². The molecule has 0 aromatic heterocycles. The molecule has 2 aromatic carbocycles. The van der Waals surface area contributed by atoms with Crippen molar-refractivity contribution in [2.24, 2.45) is 0 Å². The van der Waals surface area contributed by atoms with Gasteiger partial charge < -0.3 is 4.90 Å². The third-order valence-corrected chi connectivity index (χ3v) is 4.27. The average Bonchev–Trinajstić information content (AvgIpc) is 2.87. The Morgan fingerprint density at radius 3 is 2.47 bits per heavy atom. The molecule has 2 atom stereocenters. The topological polar surface area (TPSA) is 3.24 Å². The second-order valence-corrected chi connectivity index (χ2v) is 5.42. The van der Waals surface area contributed by atoms with Crippen LogP contribution in [-0.2, 0) is 6.42 Å². The van der Waals surface area contributed by atoms with Crippen molar-refractivity contribution in [2.75, 3.05) is 4.90 Å². The molecule has 1 aliphatic heterocycles. The summed E-state index contributed by atoms with van der Waals surface area (Å²) in [6.07, 6.45) is 2.31. The van der Waals surface area contributed by atoms with Gasteiger partial charge in [0.1, 0.15) is 0 Å². The summed E-state index contributed by atoms with van der Waals surface area (Å²) < 4.78 is 0. The van der Waals surface area contributed by atoms with Gasteiger partial charge in [0.2, 0.25) is 0 Å². The minimum atomic E-state index is 0.494. The number of anilines is 1. The lowest BCUT2D eigenvalue weighted by Gasteiger charge is -2.33. The Bertz CT molecular complexity index is 547. The number of hydrogen-bond acceptors (Lipinski definition) is 1. The first-order valence-electron chi connectivity index (χ1n) is 7.22. The molecule has 1 heterocycles. The van der Waals surface area contributed by atoms with E-state index in [1.165, 1.54) is 23.2 Å². The van der Waals surface area contributed by atoms with Gasteiger partial charge in [0.15, 0.2) is 0 Å². The van der Waals surface area contributed by atoms with E-state index in [-0.39, 0.29) is 0 Å². The Morgan fingerprint density at radius 2 is 1.74 bits per heavy atom. The van der Waals surface area contributed by atoms with Crippen LogP contribution in [0.15, 0.2) is 54.6 Å². The Morgan fingerprint density at radius 1 is 1.05 bits per heavy atom. The van der Waals surface area contributed by atoms with Gasteiger partial charge in [-0.05, 0) is 37.0 Å². The maximum Gasteiger partial charge on any atom is 0.0586 e. The van der Waals surface area contributed by atoms with Gasteiger partial charge in [-0.2, -0.15) is 0 Å². The lowest BCUT2D eigenvalue weighted by atomic mass is 10.0. The van der Waals surface area contributed by atoms with Gasteiger partial charge in [-0.3, -0.25) is 0 Å². The molecular formula is C18H21N. The minimum Gasteiger partial charge on any atom is -0.361 e. The van der Waals surface area contributed by atoms with E-state index in [2.05, 4.69) is 73.3 Å². The van der Waals surface area contributed by atoms with E-state index in [9.17, 15) is 0 Å². The molecule has 0 saturated carbocycles. The van der Waals surface area contributed by atoms with Crippen molar-refractivity contribution in [1.82, 2.24) is 0 Å². The Kier molecular flexibility index (Phi) is 3.29. The molecule has 19 heavy (non-hydrogen) atoms. The lowest BCUT2D eigenvalue weighted by Crippen LogP contribution is -2.33. The summed E-state index contributed by atoms with van der Waals surface area (Å²) in [6, 6.07) is 20.8. The maximum absolute atomic E-state index is 2.60. The van der Waals surface area contributed by atoms with Crippen LogP contribution in [0.1, 0.15) is 37.4 Å². The predicted molar refractivity (Wildman–Crippen MR) is 81.6 cm³/mol. The molecule has 0 radical (unpaired) electrons. The number of rotatable bonds is 3. The number of hydrogen-bond donors (Lipinski definition) is 0. The highest BCUT2D eigenvalue weighted by Gasteiger charge is 2.32. The predicted octanol–water partition coefficient (Wildman–Crippen LogP) is 4.59. The van der Waals surface area contributed by atoms with Gasteiger partial charge in [-0.25, -0.2) is 0 Å². The van der Waals surface area contributed by atoms with E-state index in [4.69, 9.17) is 0 Å². The largest absolute Gasteiger partial charge is 0.361 e. The molecule has 3 rings (SSSR count). The van der Waals surface area contributed by atoms with Gasteiger partial charge in [0, 0.05) is 11.7 Å². The van der Waals surface area contributed by atoms with Gasteiger partial charge in [-0.1, -0.05) is 55.5 Å². The monoisotopic (exact) mass is 251 g/mol. The standard InChI is InChI=1S/C18H21N/c1-3-14(2)19-17-12-8-7-11-16(17)13-18(19)15-9-5-4-6-10-15/h4-12,14,18H,3,13H2,1-2H3. The summed E-state index contributed by atoms with van der Waals surface area (Å²) in [5.41, 5.74) is 4.33. The minimum absolute atomic E-state index is 0.494. The molecule has 0 bridgehead atoms. The zero-order valence-electron chi connectivity index (χ0n) is 11.7. The molecule has 1 heteroatoms. The van der Waals surface area contributed by atoms with E-state index < -0.39 is 0 Å². The van der Waals surface area contributed by atoms with Gasteiger partial charge in [-0.15, -0.1) is 0 Å². The SMILES string of the molecule is CCC(C)N1c2ccccc2CC1c1ccccc1. The zero-order valence-corrected chi connectivity index (χ0v) is 11.7. The Balaban J connectivity index is 2.03. The van der Waals surface area contributed by atoms with Crippen LogP contribution < -0.4 is 4.90 Å². The quantitative estimate of drug-likeness (QED) is 0.771. The summed E-state index contributed by atoms with van der Waals surface area (Å²) in [6.45, 7) is 4.60. The number of nitrogens with zero attached hydrogens (tertiary/aromatic N) is 1. The van der Waals surface area contributed by atoms with Crippen molar-refractivity contribution in [3.05, 3.63) is 65.7 Å². The maximum atomic E-state index is 2.60. The van der Waals surface area contributed by atoms with Crippen molar-refractivity contribution in [3.63, 3.8) is 0 Å². The first-order chi connectivity index (χ1) is 9.31. The van der Waals surface area contributed by atoms with Gasteiger partial charge in [0.05, 0.1) is 6.04 Å². The highest BCUT2D eigenvalue weighted by Crippen LogP contribution is 2.41. The Hall–Kier alpha value is -1.76. The lowest BCUT2D eigenvalue weighted by molar-refractivity contribution is 0.552. The first kappa shape index (κ1) is 12.3. The molecule has 0 saturated heterocycles. The van der Waals surface area contributed by atoms with Crippen LogP contribution >= 0.6 is 0 Å². The fraction of sp³-hybridized carbons (Fsp3) is 0.333. The smallest absolute Gasteiger partial charge is 0.0586 e. The highest BCUT2D eigenvalue weighted by atomic mass is 15.2. The fourth-order valence-electron chi connectivity index (χ4n) is 3.10. The second kappa shape index (κ2) is 5.08. The van der Waals surface area contributed by atoms with Crippen molar-refractivity contribution in [1.29, 1.82) is 0 Å². The molecule has 0 aliphatic carbocycles. The van der Waals surface area contributed by atoms with E-state index in [0.29, 0.717) is 12.1 Å². The molecule has 2 aromatic rings. The van der Waals surface area contributed by atoms with Crippen LogP contribution in [0.2, 0.25) is 0 Å². The average molecular weight is 251 g/mol. The summed E-state index contributed by atoms with van der Waals surface area (Å²) in [5.74, 6) is 0. The number of para-hydroxylation sites is 1. The molecule has 0 fully saturated rings. The van der Waals surface area contributed by atoms with Crippen LogP contribution in [0.3, 0.4) is 0 Å². The summed E-state index contributed by atoms with van der Waals surface area (Å²) in [5, 5.41) is 0. The second-order valence-electron chi connectivity index (χ2n) is 5.42. The van der Waals surface area contributed by atoms with Crippen LogP contribution in [-0.4, -0.2) is 6.04 Å². The molecule has 1 aliphatic rings. The van der Waals surface area contributed by atoms with E-state index in [1.54, 1.807) is 0 Å². The number of benzene rings is 2.